The van der Waals surface area contributed by atoms with Crippen LogP contribution < -0.4 is 0 Å². The average molecular weight is 305 g/mol. The van der Waals surface area contributed by atoms with Crippen molar-refractivity contribution >= 4 is 16.2 Å². The van der Waals surface area contributed by atoms with E-state index in [0.29, 0.717) is 12.8 Å². The van der Waals surface area contributed by atoms with Crippen LogP contribution in [0, 0.1) is 5.92 Å². The second-order valence-corrected chi connectivity index (χ2v) is 7.68. The van der Waals surface area contributed by atoms with Crippen molar-refractivity contribution in [1.29, 1.82) is 0 Å². The van der Waals surface area contributed by atoms with Gasteiger partial charge in [0.15, 0.2) is 6.23 Å². The lowest BCUT2D eigenvalue weighted by molar-refractivity contribution is 0.00938. The maximum absolute atomic E-state index is 12.5. The summed E-state index contributed by atoms with van der Waals surface area (Å²) in [4.78, 5) is 10.8. The van der Waals surface area contributed by atoms with Crippen molar-refractivity contribution in [3.63, 3.8) is 0 Å². The molecular weight excluding hydrogens is 282 g/mol. The van der Waals surface area contributed by atoms with E-state index in [1.807, 2.05) is 6.92 Å². The van der Waals surface area contributed by atoms with Crippen molar-refractivity contribution in [1.82, 2.24) is 4.31 Å². The molecule has 1 heterocycles. The number of nitrogens with zero attached hydrogens (tertiary/aromatic N) is 1. The Kier molecular flexibility index (Phi) is 4.90. The van der Waals surface area contributed by atoms with Gasteiger partial charge in [-0.05, 0) is 25.2 Å². The number of ether oxygens (including phenoxy) is 1. The lowest BCUT2D eigenvalue weighted by Gasteiger charge is -2.27. The number of carboxylic acid groups (broad SMARTS) is 1. The molecule has 2 rings (SSSR count). The number of carbonyl (C=O) groups is 1. The van der Waals surface area contributed by atoms with Crippen molar-refractivity contribution in [3.8, 4) is 0 Å². The molecule has 7 heteroatoms. The molecule has 0 radical (unpaired) electrons. The highest BCUT2D eigenvalue weighted by molar-refractivity contribution is 7.89. The minimum absolute atomic E-state index is 0.0639. The molecule has 6 nitrogen and oxygen atoms in total. The summed E-state index contributed by atoms with van der Waals surface area (Å²) in [5.74, 6) is 0.337. The lowest BCUT2D eigenvalue weighted by Crippen LogP contribution is -2.44. The van der Waals surface area contributed by atoms with Crippen molar-refractivity contribution < 1.29 is 23.1 Å². The molecule has 0 bridgehead atoms. The van der Waals surface area contributed by atoms with E-state index in [9.17, 15) is 13.2 Å². The molecule has 0 amide bonds. The minimum atomic E-state index is -3.44. The predicted octanol–water partition coefficient (Wildman–Crippen LogP) is 2.40. The van der Waals surface area contributed by atoms with Crippen molar-refractivity contribution in [3.05, 3.63) is 0 Å². The Labute approximate surface area is 120 Å². The van der Waals surface area contributed by atoms with E-state index in [0.717, 1.165) is 32.1 Å². The van der Waals surface area contributed by atoms with Crippen LogP contribution in [0.3, 0.4) is 0 Å². The summed E-state index contributed by atoms with van der Waals surface area (Å²) in [7, 11) is -3.44. The molecule has 3 unspecified atom stereocenters. The molecule has 20 heavy (non-hydrogen) atoms. The maximum Gasteiger partial charge on any atom is 0.507 e. The Morgan fingerprint density at radius 2 is 2.10 bits per heavy atom. The van der Waals surface area contributed by atoms with Crippen LogP contribution in [0.2, 0.25) is 0 Å². The van der Waals surface area contributed by atoms with Crippen LogP contribution in [0.1, 0.15) is 51.9 Å². The third kappa shape index (κ3) is 3.25. The Morgan fingerprint density at radius 3 is 2.75 bits per heavy atom. The number of unbranched alkanes of at least 4 members (excludes halogenated alkanes) is 2. The van der Waals surface area contributed by atoms with Gasteiger partial charge in [-0.15, -0.1) is 0 Å². The van der Waals surface area contributed by atoms with E-state index in [1.165, 1.54) is 4.31 Å². The summed E-state index contributed by atoms with van der Waals surface area (Å²) in [5.41, 5.74) is 0. The lowest BCUT2D eigenvalue weighted by atomic mass is 10.0. The van der Waals surface area contributed by atoms with Crippen LogP contribution >= 0.6 is 0 Å². The average Bonchev–Trinajstić information content (AvgIpc) is 2.87. The van der Waals surface area contributed by atoms with E-state index in [1.54, 1.807) is 0 Å². The Hall–Kier alpha value is -0.820. The van der Waals surface area contributed by atoms with Crippen LogP contribution in [-0.2, 0) is 14.8 Å². The van der Waals surface area contributed by atoms with E-state index in [2.05, 4.69) is 0 Å². The quantitative estimate of drug-likeness (QED) is 0.601. The van der Waals surface area contributed by atoms with Crippen LogP contribution in [0.4, 0.5) is 4.79 Å². The highest BCUT2D eigenvalue weighted by Crippen LogP contribution is 2.43. The molecule has 1 aliphatic heterocycles. The summed E-state index contributed by atoms with van der Waals surface area (Å²) in [5, 5.41) is 8.79. The third-order valence-electron chi connectivity index (χ3n) is 4.30. The molecule has 116 valence electrons. The fraction of sp³-hybridized carbons (Fsp3) is 0.923. The normalized spacial score (nSPS) is 30.4. The van der Waals surface area contributed by atoms with Gasteiger partial charge in [0, 0.05) is 12.5 Å². The topological polar surface area (TPSA) is 83.9 Å². The van der Waals surface area contributed by atoms with Gasteiger partial charge in [-0.1, -0.05) is 26.2 Å². The zero-order chi connectivity index (χ0) is 14.8. The number of hydrogen-bond donors (Lipinski definition) is 1. The largest absolute Gasteiger partial charge is 0.507 e. The van der Waals surface area contributed by atoms with Gasteiger partial charge in [0.05, 0.1) is 5.75 Å². The van der Waals surface area contributed by atoms with E-state index < -0.39 is 22.4 Å². The van der Waals surface area contributed by atoms with Crippen molar-refractivity contribution in [2.75, 3.05) is 5.75 Å². The van der Waals surface area contributed by atoms with Crippen molar-refractivity contribution in [2.45, 2.75) is 64.1 Å². The van der Waals surface area contributed by atoms with Gasteiger partial charge in [-0.25, -0.2) is 13.2 Å². The van der Waals surface area contributed by atoms with Gasteiger partial charge in [0.25, 0.3) is 0 Å². The number of sulfonamides is 1. The van der Waals surface area contributed by atoms with Crippen LogP contribution in [0.15, 0.2) is 0 Å². The number of rotatable bonds is 6. The second kappa shape index (κ2) is 6.30. The fourth-order valence-corrected chi connectivity index (χ4v) is 5.40. The van der Waals surface area contributed by atoms with Gasteiger partial charge in [-0.2, -0.15) is 4.31 Å². The highest BCUT2D eigenvalue weighted by atomic mass is 32.2. The van der Waals surface area contributed by atoms with Crippen LogP contribution in [-0.4, -0.2) is 42.0 Å². The molecule has 1 aliphatic carbocycles. The third-order valence-corrected chi connectivity index (χ3v) is 6.25. The van der Waals surface area contributed by atoms with Crippen molar-refractivity contribution in [2.24, 2.45) is 5.92 Å². The Balaban J connectivity index is 2.12. The van der Waals surface area contributed by atoms with E-state index in [4.69, 9.17) is 9.84 Å². The van der Waals surface area contributed by atoms with Gasteiger partial charge in [0.1, 0.15) is 0 Å². The molecule has 1 saturated carbocycles. The Bertz CT molecular complexity index is 450. The summed E-state index contributed by atoms with van der Waals surface area (Å²) in [6.07, 6.45) is 3.51. The molecule has 0 aromatic carbocycles. The molecule has 1 N–H and O–H groups in total. The zero-order valence-corrected chi connectivity index (χ0v) is 12.6. The number of hydrogen-bond acceptors (Lipinski definition) is 4. The predicted molar refractivity (Wildman–Crippen MR) is 73.8 cm³/mol. The Morgan fingerprint density at radius 1 is 1.35 bits per heavy atom. The summed E-state index contributed by atoms with van der Waals surface area (Å²) >= 11 is 0. The first-order valence-corrected chi connectivity index (χ1v) is 8.97. The van der Waals surface area contributed by atoms with Gasteiger partial charge in [0.2, 0.25) is 10.0 Å². The first-order valence-electron chi connectivity index (χ1n) is 7.36. The van der Waals surface area contributed by atoms with Gasteiger partial charge < -0.3 is 9.84 Å². The molecule has 0 spiro atoms. The second-order valence-electron chi connectivity index (χ2n) is 5.69. The van der Waals surface area contributed by atoms with Crippen LogP contribution in [0.25, 0.3) is 0 Å². The van der Waals surface area contributed by atoms with E-state index >= 15 is 0 Å². The fourth-order valence-electron chi connectivity index (χ4n) is 3.45. The zero-order valence-electron chi connectivity index (χ0n) is 11.8. The van der Waals surface area contributed by atoms with Crippen LogP contribution in [0.5, 0.6) is 0 Å². The molecule has 2 aliphatic rings. The minimum Gasteiger partial charge on any atom is -0.450 e. The highest BCUT2D eigenvalue weighted by Gasteiger charge is 2.50. The molecule has 0 aromatic rings. The van der Waals surface area contributed by atoms with Gasteiger partial charge in [-0.3, -0.25) is 0 Å². The first kappa shape index (κ1) is 15.6. The smallest absolute Gasteiger partial charge is 0.450 e. The summed E-state index contributed by atoms with van der Waals surface area (Å²) in [6, 6.07) is -0.0639. The standard InChI is InChI=1S/C13H23NO5S/c1-2-3-4-8-20(17,18)14-11-7-5-6-10(11)9-12(14)19-13(15)16/h10-12H,2-9H2,1H3,(H,15,16). The molecule has 0 aromatic heterocycles. The summed E-state index contributed by atoms with van der Waals surface area (Å²) in [6.45, 7) is 2.02. The monoisotopic (exact) mass is 305 g/mol. The maximum atomic E-state index is 12.5. The SMILES string of the molecule is CCCCCS(=O)(=O)N1C(OC(=O)O)CC2CCCC21. The molecule has 1 saturated heterocycles. The summed E-state index contributed by atoms with van der Waals surface area (Å²) < 4.78 is 31.2. The molecule has 3 atom stereocenters. The first-order chi connectivity index (χ1) is 9.45. The molecule has 2 fully saturated rings. The van der Waals surface area contributed by atoms with Gasteiger partial charge >= 0.3 is 6.16 Å². The van der Waals surface area contributed by atoms with E-state index in [-0.39, 0.29) is 17.7 Å². The molecular formula is C13H23NO5S. The number of fused-ring (bicyclic) bond motifs is 1.